The van der Waals surface area contributed by atoms with Gasteiger partial charge in [-0.3, -0.25) is 4.79 Å². The Morgan fingerprint density at radius 2 is 2.53 bits per heavy atom. The molecule has 2 atom stereocenters. The topological polar surface area (TPSA) is 82.7 Å². The quantitative estimate of drug-likeness (QED) is 0.830. The van der Waals surface area contributed by atoms with Crippen LogP contribution in [-0.2, 0) is 4.79 Å². The first kappa shape index (κ1) is 14.2. The van der Waals surface area contributed by atoms with Crippen LogP contribution in [0.1, 0.15) is 24.6 Å². The summed E-state index contributed by atoms with van der Waals surface area (Å²) in [5.41, 5.74) is 5.98. The molecule has 0 radical (unpaired) electrons. The molecule has 2 rings (SSSR count). The first-order chi connectivity index (χ1) is 8.99. The van der Waals surface area contributed by atoms with Crippen molar-refractivity contribution in [3.63, 3.8) is 0 Å². The Morgan fingerprint density at radius 1 is 1.79 bits per heavy atom. The highest BCUT2D eigenvalue weighted by molar-refractivity contribution is 7.13. The van der Waals surface area contributed by atoms with Crippen LogP contribution in [0.25, 0.3) is 0 Å². The van der Waals surface area contributed by atoms with Crippen molar-refractivity contribution in [1.29, 1.82) is 0 Å². The van der Waals surface area contributed by atoms with Crippen molar-refractivity contribution < 1.29 is 9.90 Å². The SMILES string of the molecule is CN(CC1CCCN1C)c1nc(C(N)C(=O)O)cs1. The van der Waals surface area contributed by atoms with E-state index in [1.807, 2.05) is 7.05 Å². The maximum absolute atomic E-state index is 10.8. The third kappa shape index (κ3) is 3.23. The van der Waals surface area contributed by atoms with Crippen molar-refractivity contribution in [2.24, 2.45) is 5.73 Å². The van der Waals surface area contributed by atoms with Crippen molar-refractivity contribution >= 4 is 22.4 Å². The third-order valence-corrected chi connectivity index (χ3v) is 4.55. The summed E-state index contributed by atoms with van der Waals surface area (Å²) < 4.78 is 0. The Bertz CT molecular complexity index is 451. The van der Waals surface area contributed by atoms with E-state index in [0.717, 1.165) is 18.2 Å². The number of nitrogens with zero attached hydrogens (tertiary/aromatic N) is 3. The number of thiazole rings is 1. The molecule has 1 aromatic heterocycles. The second-order valence-corrected chi connectivity index (χ2v) is 5.86. The van der Waals surface area contributed by atoms with Crippen LogP contribution in [0.15, 0.2) is 5.38 Å². The minimum atomic E-state index is -1.05. The van der Waals surface area contributed by atoms with Gasteiger partial charge in [0.25, 0.3) is 0 Å². The summed E-state index contributed by atoms with van der Waals surface area (Å²) >= 11 is 1.44. The molecule has 0 spiro atoms. The van der Waals surface area contributed by atoms with Gasteiger partial charge in [-0.25, -0.2) is 4.98 Å². The number of likely N-dealkylation sites (tertiary alicyclic amines) is 1. The van der Waals surface area contributed by atoms with Crippen LogP contribution in [-0.4, -0.2) is 54.2 Å². The van der Waals surface area contributed by atoms with Crippen LogP contribution in [0.4, 0.5) is 5.13 Å². The smallest absolute Gasteiger partial charge is 0.326 e. The van der Waals surface area contributed by atoms with E-state index in [-0.39, 0.29) is 0 Å². The molecule has 1 fully saturated rings. The van der Waals surface area contributed by atoms with E-state index in [4.69, 9.17) is 10.8 Å². The van der Waals surface area contributed by atoms with E-state index in [2.05, 4.69) is 21.8 Å². The number of carboxylic acids is 1. The molecule has 1 aliphatic heterocycles. The van der Waals surface area contributed by atoms with E-state index in [9.17, 15) is 4.79 Å². The molecule has 1 saturated heterocycles. The van der Waals surface area contributed by atoms with Gasteiger partial charge in [-0.2, -0.15) is 0 Å². The Kier molecular flexibility index (Phi) is 4.38. The zero-order chi connectivity index (χ0) is 14.0. The number of carbonyl (C=O) groups is 1. The first-order valence-electron chi connectivity index (χ1n) is 6.34. The minimum absolute atomic E-state index is 0.430. The van der Waals surface area contributed by atoms with Crippen molar-refractivity contribution in [2.75, 3.05) is 32.1 Å². The minimum Gasteiger partial charge on any atom is -0.480 e. The van der Waals surface area contributed by atoms with E-state index in [1.165, 1.54) is 24.2 Å². The Balaban J connectivity index is 1.99. The largest absolute Gasteiger partial charge is 0.480 e. The molecular weight excluding hydrogens is 264 g/mol. The second kappa shape index (κ2) is 5.85. The molecule has 19 heavy (non-hydrogen) atoms. The fourth-order valence-corrected chi connectivity index (χ4v) is 3.16. The normalized spacial score (nSPS) is 21.5. The van der Waals surface area contributed by atoms with Gasteiger partial charge >= 0.3 is 5.97 Å². The number of hydrogen-bond acceptors (Lipinski definition) is 6. The van der Waals surface area contributed by atoms with Gasteiger partial charge in [0, 0.05) is 25.0 Å². The van der Waals surface area contributed by atoms with Crippen LogP contribution in [0.2, 0.25) is 0 Å². The van der Waals surface area contributed by atoms with Crippen LogP contribution < -0.4 is 10.6 Å². The number of carboxylic acid groups (broad SMARTS) is 1. The number of likely N-dealkylation sites (N-methyl/N-ethyl adjacent to an activating group) is 2. The summed E-state index contributed by atoms with van der Waals surface area (Å²) in [4.78, 5) is 19.6. The molecule has 0 aliphatic carbocycles. The summed E-state index contributed by atoms with van der Waals surface area (Å²) in [6.07, 6.45) is 2.44. The highest BCUT2D eigenvalue weighted by Gasteiger charge is 2.24. The highest BCUT2D eigenvalue weighted by atomic mass is 32.1. The molecule has 2 heterocycles. The van der Waals surface area contributed by atoms with E-state index < -0.39 is 12.0 Å². The van der Waals surface area contributed by atoms with Crippen molar-refractivity contribution in [1.82, 2.24) is 9.88 Å². The molecule has 0 aromatic carbocycles. The number of anilines is 1. The number of nitrogens with two attached hydrogens (primary N) is 1. The lowest BCUT2D eigenvalue weighted by molar-refractivity contribution is -0.138. The molecular formula is C12H20N4O2S. The highest BCUT2D eigenvalue weighted by Crippen LogP contribution is 2.24. The fraction of sp³-hybridized carbons (Fsp3) is 0.667. The van der Waals surface area contributed by atoms with Gasteiger partial charge in [0.1, 0.15) is 6.04 Å². The van der Waals surface area contributed by atoms with Crippen molar-refractivity contribution in [2.45, 2.75) is 24.9 Å². The number of aliphatic carboxylic acids is 1. The Morgan fingerprint density at radius 3 is 3.11 bits per heavy atom. The van der Waals surface area contributed by atoms with Gasteiger partial charge in [-0.1, -0.05) is 0 Å². The van der Waals surface area contributed by atoms with Crippen LogP contribution >= 0.6 is 11.3 Å². The average molecular weight is 284 g/mol. The molecule has 3 N–H and O–H groups in total. The predicted molar refractivity (Wildman–Crippen MR) is 75.6 cm³/mol. The Hall–Kier alpha value is -1.18. The predicted octanol–water partition coefficient (Wildman–Crippen LogP) is 0.758. The molecule has 6 nitrogen and oxygen atoms in total. The van der Waals surface area contributed by atoms with Crippen LogP contribution in [0, 0.1) is 0 Å². The molecule has 0 saturated carbocycles. The zero-order valence-corrected chi connectivity index (χ0v) is 12.1. The lowest BCUT2D eigenvalue weighted by Gasteiger charge is -2.25. The van der Waals surface area contributed by atoms with Crippen LogP contribution in [0.5, 0.6) is 0 Å². The maximum atomic E-state index is 10.8. The summed E-state index contributed by atoms with van der Waals surface area (Å²) in [6.45, 7) is 2.05. The van der Waals surface area contributed by atoms with Gasteiger partial charge in [0.15, 0.2) is 5.13 Å². The monoisotopic (exact) mass is 284 g/mol. The summed E-state index contributed by atoms with van der Waals surface area (Å²) in [5, 5.41) is 11.4. The van der Waals surface area contributed by atoms with Gasteiger partial charge in [-0.15, -0.1) is 11.3 Å². The molecule has 0 bridgehead atoms. The second-order valence-electron chi connectivity index (χ2n) is 5.03. The van der Waals surface area contributed by atoms with E-state index in [0.29, 0.717) is 11.7 Å². The standard InChI is InChI=1S/C12H20N4O2S/c1-15-5-3-4-8(15)6-16(2)12-14-9(7-19-12)10(13)11(17)18/h7-8,10H,3-6,13H2,1-2H3,(H,17,18). The first-order valence-corrected chi connectivity index (χ1v) is 7.22. The molecule has 0 amide bonds. The Labute approximate surface area is 116 Å². The summed E-state index contributed by atoms with van der Waals surface area (Å²) in [5.74, 6) is -1.05. The molecule has 2 unspecified atom stereocenters. The number of rotatable bonds is 5. The van der Waals surface area contributed by atoms with Gasteiger partial charge in [-0.05, 0) is 26.4 Å². The average Bonchev–Trinajstić information content (AvgIpc) is 2.98. The van der Waals surface area contributed by atoms with Gasteiger partial charge < -0.3 is 20.6 Å². The molecule has 106 valence electrons. The number of hydrogen-bond donors (Lipinski definition) is 2. The molecule has 7 heteroatoms. The van der Waals surface area contributed by atoms with E-state index in [1.54, 1.807) is 5.38 Å². The maximum Gasteiger partial charge on any atom is 0.326 e. The summed E-state index contributed by atoms with van der Waals surface area (Å²) in [6, 6.07) is -0.488. The summed E-state index contributed by atoms with van der Waals surface area (Å²) in [7, 11) is 4.13. The number of aromatic nitrogens is 1. The third-order valence-electron chi connectivity index (χ3n) is 3.58. The fourth-order valence-electron chi connectivity index (χ4n) is 2.33. The lowest BCUT2D eigenvalue weighted by atomic mass is 10.2. The van der Waals surface area contributed by atoms with Crippen LogP contribution in [0.3, 0.4) is 0 Å². The van der Waals surface area contributed by atoms with Gasteiger partial charge in [0.05, 0.1) is 5.69 Å². The van der Waals surface area contributed by atoms with Gasteiger partial charge in [0.2, 0.25) is 0 Å². The zero-order valence-electron chi connectivity index (χ0n) is 11.2. The molecule has 1 aliphatic rings. The molecule has 1 aromatic rings. The van der Waals surface area contributed by atoms with Crippen molar-refractivity contribution in [3.05, 3.63) is 11.1 Å². The van der Waals surface area contributed by atoms with E-state index >= 15 is 0 Å². The lowest BCUT2D eigenvalue weighted by Crippen LogP contribution is -2.36. The van der Waals surface area contributed by atoms with Crippen molar-refractivity contribution in [3.8, 4) is 0 Å².